The number of primary amides is 1. The van der Waals surface area contributed by atoms with Crippen LogP contribution in [0.2, 0.25) is 0 Å². The number of benzene rings is 2. The molecule has 0 radical (unpaired) electrons. The van der Waals surface area contributed by atoms with E-state index in [9.17, 15) is 9.59 Å². The van der Waals surface area contributed by atoms with Crippen molar-refractivity contribution in [2.24, 2.45) is 5.73 Å². The number of hydrogen-bond donors (Lipinski definition) is 2. The third kappa shape index (κ3) is 5.00. The first-order chi connectivity index (χ1) is 16.0. The van der Waals surface area contributed by atoms with E-state index in [4.69, 9.17) is 10.5 Å². The van der Waals surface area contributed by atoms with Crippen molar-refractivity contribution in [3.63, 3.8) is 0 Å². The van der Waals surface area contributed by atoms with E-state index in [1.54, 1.807) is 10.9 Å². The zero-order chi connectivity index (χ0) is 23.4. The van der Waals surface area contributed by atoms with Crippen LogP contribution in [-0.2, 0) is 16.1 Å². The van der Waals surface area contributed by atoms with Crippen LogP contribution in [-0.4, -0.2) is 34.4 Å². The van der Waals surface area contributed by atoms with Gasteiger partial charge in [-0.1, -0.05) is 37.3 Å². The second-order valence-electron chi connectivity index (χ2n) is 8.19. The molecule has 4 rings (SSSR count). The Morgan fingerprint density at radius 3 is 2.64 bits per heavy atom. The number of ether oxygens (including phenoxy) is 1. The molecule has 3 N–H and O–H groups in total. The maximum atomic E-state index is 12.5. The fourth-order valence-electron chi connectivity index (χ4n) is 4.33. The number of hydrogen-bond acceptors (Lipinski definition) is 5. The third-order valence-electron chi connectivity index (χ3n) is 5.92. The van der Waals surface area contributed by atoms with Gasteiger partial charge in [0.1, 0.15) is 6.61 Å². The molecule has 1 aromatic heterocycles. The summed E-state index contributed by atoms with van der Waals surface area (Å²) in [6.07, 6.45) is 4.23. The lowest BCUT2D eigenvalue weighted by molar-refractivity contribution is -0.118. The normalized spacial score (nSPS) is 17.3. The molecule has 1 aliphatic heterocycles. The van der Waals surface area contributed by atoms with Gasteiger partial charge in [0.15, 0.2) is 0 Å². The summed E-state index contributed by atoms with van der Waals surface area (Å²) in [5.41, 5.74) is 10.1. The van der Waals surface area contributed by atoms with Crippen molar-refractivity contribution in [2.75, 3.05) is 16.8 Å². The van der Waals surface area contributed by atoms with Gasteiger partial charge in [-0.05, 0) is 42.7 Å². The Bertz CT molecular complexity index is 1130. The molecule has 2 heterocycles. The second kappa shape index (κ2) is 9.77. The molecule has 172 valence electrons. The highest BCUT2D eigenvalue weighted by Gasteiger charge is 2.32. The van der Waals surface area contributed by atoms with Gasteiger partial charge in [0.05, 0.1) is 18.8 Å². The lowest BCUT2D eigenvalue weighted by Crippen LogP contribution is -2.44. The molecule has 3 aromatic rings. The Balaban J connectivity index is 1.46. The van der Waals surface area contributed by atoms with Crippen LogP contribution in [0.25, 0.3) is 11.1 Å². The number of para-hydroxylation sites is 1. The Morgan fingerprint density at radius 1 is 1.15 bits per heavy atom. The third-order valence-corrected chi connectivity index (χ3v) is 5.92. The Labute approximate surface area is 193 Å². The fourth-order valence-corrected chi connectivity index (χ4v) is 4.33. The van der Waals surface area contributed by atoms with E-state index >= 15 is 0 Å². The van der Waals surface area contributed by atoms with Crippen LogP contribution in [0.1, 0.15) is 38.3 Å². The minimum absolute atomic E-state index is 0.119. The number of fused-ring (bicyclic) bond motifs is 1. The summed E-state index contributed by atoms with van der Waals surface area (Å²) >= 11 is 0. The molecule has 0 spiro atoms. The van der Waals surface area contributed by atoms with E-state index in [2.05, 4.69) is 47.7 Å². The summed E-state index contributed by atoms with van der Waals surface area (Å²) in [4.78, 5) is 25.2. The van der Waals surface area contributed by atoms with E-state index in [0.29, 0.717) is 13.0 Å². The lowest BCUT2D eigenvalue weighted by atomic mass is 9.91. The summed E-state index contributed by atoms with van der Waals surface area (Å²) < 4.78 is 6.47. The highest BCUT2D eigenvalue weighted by molar-refractivity contribution is 5.95. The number of nitrogens with zero attached hydrogens (tertiary/aromatic N) is 3. The molecule has 1 aliphatic rings. The van der Waals surface area contributed by atoms with Crippen molar-refractivity contribution in [1.82, 2.24) is 9.78 Å². The summed E-state index contributed by atoms with van der Waals surface area (Å²) in [5.74, 6) is 0.152. The first-order valence-corrected chi connectivity index (χ1v) is 11.2. The number of anilines is 2. The Morgan fingerprint density at radius 2 is 1.91 bits per heavy atom. The van der Waals surface area contributed by atoms with Gasteiger partial charge in [0, 0.05) is 35.6 Å². The Hall–Kier alpha value is -3.81. The number of carbonyl (C=O) groups excluding carboxylic acids is 2. The molecule has 2 aromatic carbocycles. The van der Waals surface area contributed by atoms with Gasteiger partial charge in [0.25, 0.3) is 0 Å². The maximum absolute atomic E-state index is 12.5. The van der Waals surface area contributed by atoms with E-state index in [0.717, 1.165) is 34.5 Å². The van der Waals surface area contributed by atoms with Crippen molar-refractivity contribution < 1.29 is 14.3 Å². The quantitative estimate of drug-likeness (QED) is 0.561. The number of nitrogens with one attached hydrogen (secondary N) is 1. The van der Waals surface area contributed by atoms with E-state index < -0.39 is 6.09 Å². The van der Waals surface area contributed by atoms with Gasteiger partial charge in [-0.2, -0.15) is 5.10 Å². The molecular weight excluding hydrogens is 418 g/mol. The van der Waals surface area contributed by atoms with Crippen molar-refractivity contribution in [1.29, 1.82) is 0 Å². The lowest BCUT2D eigenvalue weighted by Gasteiger charge is -2.40. The van der Waals surface area contributed by atoms with E-state index in [-0.39, 0.29) is 24.6 Å². The topological polar surface area (TPSA) is 102 Å². The number of amides is 2. The van der Waals surface area contributed by atoms with Crippen molar-refractivity contribution >= 4 is 23.4 Å². The molecule has 0 saturated heterocycles. The van der Waals surface area contributed by atoms with Crippen molar-refractivity contribution in [2.45, 2.75) is 45.3 Å². The monoisotopic (exact) mass is 447 g/mol. The minimum Gasteiger partial charge on any atom is -0.448 e. The first kappa shape index (κ1) is 22.4. The van der Waals surface area contributed by atoms with Gasteiger partial charge in [-0.3, -0.25) is 9.48 Å². The van der Waals surface area contributed by atoms with Gasteiger partial charge in [0.2, 0.25) is 5.91 Å². The van der Waals surface area contributed by atoms with Crippen LogP contribution in [0.3, 0.4) is 0 Å². The standard InChI is InChI=1S/C25H29N5O3/c1-3-24(31)30-17(2)14-22(21-6-4-5-7-23(21)30)28-20-10-8-18(9-11-20)19-15-27-29(16-19)12-13-33-25(26)32/h4-11,15-17,22,28H,3,12-14H2,1-2H3,(H2,26,32)/t17-,22+/m0/s1. The number of carbonyl (C=O) groups is 2. The molecule has 33 heavy (non-hydrogen) atoms. The molecule has 0 saturated carbocycles. The second-order valence-corrected chi connectivity index (χ2v) is 8.19. The van der Waals surface area contributed by atoms with Crippen molar-refractivity contribution in [3.8, 4) is 11.1 Å². The smallest absolute Gasteiger partial charge is 0.404 e. The van der Waals surface area contributed by atoms with Crippen LogP contribution in [0.5, 0.6) is 0 Å². The minimum atomic E-state index is -0.787. The van der Waals surface area contributed by atoms with Crippen LogP contribution in [0.15, 0.2) is 60.9 Å². The molecule has 2 amide bonds. The van der Waals surface area contributed by atoms with Gasteiger partial charge < -0.3 is 20.7 Å². The molecule has 2 atom stereocenters. The van der Waals surface area contributed by atoms with Gasteiger partial charge in [-0.15, -0.1) is 0 Å². The predicted octanol–water partition coefficient (Wildman–Crippen LogP) is 4.33. The number of nitrogens with two attached hydrogens (primary N) is 1. The predicted molar refractivity (Wildman–Crippen MR) is 128 cm³/mol. The van der Waals surface area contributed by atoms with E-state index in [1.165, 1.54) is 0 Å². The highest BCUT2D eigenvalue weighted by Crippen LogP contribution is 2.39. The van der Waals surface area contributed by atoms with Crippen molar-refractivity contribution in [3.05, 3.63) is 66.5 Å². The average molecular weight is 448 g/mol. The van der Waals surface area contributed by atoms with Crippen LogP contribution in [0.4, 0.5) is 16.2 Å². The maximum Gasteiger partial charge on any atom is 0.404 e. The fraction of sp³-hybridized carbons (Fsp3) is 0.320. The molecule has 8 nitrogen and oxygen atoms in total. The molecule has 0 fully saturated rings. The van der Waals surface area contributed by atoms with Gasteiger partial charge >= 0.3 is 6.09 Å². The number of rotatable bonds is 7. The summed E-state index contributed by atoms with van der Waals surface area (Å²) in [6, 6.07) is 16.6. The summed E-state index contributed by atoms with van der Waals surface area (Å²) in [7, 11) is 0. The average Bonchev–Trinajstić information content (AvgIpc) is 3.28. The van der Waals surface area contributed by atoms with Crippen LogP contribution >= 0.6 is 0 Å². The summed E-state index contributed by atoms with van der Waals surface area (Å²) in [6.45, 7) is 4.64. The molecule has 8 heteroatoms. The van der Waals surface area contributed by atoms with Crippen LogP contribution in [0, 0.1) is 0 Å². The molecular formula is C25H29N5O3. The zero-order valence-electron chi connectivity index (χ0n) is 18.9. The Kier molecular flexibility index (Phi) is 6.63. The zero-order valence-corrected chi connectivity index (χ0v) is 18.9. The molecule has 0 bridgehead atoms. The SMILES string of the molecule is CCC(=O)N1c2ccccc2[C@H](Nc2ccc(-c3cnn(CCOC(N)=O)c3)cc2)C[C@@H]1C. The highest BCUT2D eigenvalue weighted by atomic mass is 16.5. The first-order valence-electron chi connectivity index (χ1n) is 11.2. The summed E-state index contributed by atoms with van der Waals surface area (Å²) in [5, 5.41) is 7.95. The van der Waals surface area contributed by atoms with Gasteiger partial charge in [-0.25, -0.2) is 4.79 Å². The molecule has 0 aliphatic carbocycles. The van der Waals surface area contributed by atoms with Crippen LogP contribution < -0.4 is 16.0 Å². The largest absolute Gasteiger partial charge is 0.448 e. The van der Waals surface area contributed by atoms with E-state index in [1.807, 2.05) is 36.2 Å². The molecule has 0 unspecified atom stereocenters. The number of aromatic nitrogens is 2.